The Morgan fingerprint density at radius 1 is 1.30 bits per heavy atom. The summed E-state index contributed by atoms with van der Waals surface area (Å²) in [4.78, 5) is 10.5. The fourth-order valence-corrected chi connectivity index (χ4v) is 2.68. The quantitative estimate of drug-likeness (QED) is 0.568. The first-order valence-corrected chi connectivity index (χ1v) is 6.64. The summed E-state index contributed by atoms with van der Waals surface area (Å²) in [5.41, 5.74) is 10.8. The molecule has 0 spiro atoms. The van der Waals surface area contributed by atoms with Gasteiger partial charge in [-0.2, -0.15) is 9.97 Å². The predicted octanol–water partition coefficient (Wildman–Crippen LogP) is 1.67. The van der Waals surface area contributed by atoms with Gasteiger partial charge in [-0.25, -0.2) is 5.84 Å². The molecule has 6 nitrogen and oxygen atoms in total. The summed E-state index contributed by atoms with van der Waals surface area (Å²) in [6, 6.07) is 10.2. The van der Waals surface area contributed by atoms with Gasteiger partial charge in [-0.15, -0.1) is 0 Å². The number of hydrogen-bond donors (Lipinski definition) is 3. The zero-order valence-corrected chi connectivity index (χ0v) is 11.4. The maximum absolute atomic E-state index is 5.75. The molecule has 104 valence electrons. The summed E-state index contributed by atoms with van der Waals surface area (Å²) in [5, 5.41) is 0. The highest BCUT2D eigenvalue weighted by atomic mass is 15.3. The molecule has 1 aliphatic heterocycles. The highest BCUT2D eigenvalue weighted by Crippen LogP contribution is 2.34. The molecule has 1 aromatic carbocycles. The third kappa shape index (κ3) is 2.25. The highest BCUT2D eigenvalue weighted by Gasteiger charge is 2.23. The van der Waals surface area contributed by atoms with Crippen molar-refractivity contribution in [2.24, 2.45) is 11.8 Å². The SMILES string of the molecule is CC1Cc2ccccc2N(c2cc(NN)nc(N)n2)C1. The third-order valence-corrected chi connectivity index (χ3v) is 3.50. The van der Waals surface area contributed by atoms with E-state index in [9.17, 15) is 0 Å². The number of nitrogens with one attached hydrogen (secondary N) is 1. The van der Waals surface area contributed by atoms with Crippen LogP contribution in [0.4, 0.5) is 23.3 Å². The van der Waals surface area contributed by atoms with Crippen molar-refractivity contribution in [3.63, 3.8) is 0 Å². The molecule has 0 saturated heterocycles. The first-order valence-electron chi connectivity index (χ1n) is 6.64. The summed E-state index contributed by atoms with van der Waals surface area (Å²) in [5.74, 6) is 7.47. The van der Waals surface area contributed by atoms with Crippen LogP contribution >= 0.6 is 0 Å². The van der Waals surface area contributed by atoms with Crippen molar-refractivity contribution in [2.45, 2.75) is 13.3 Å². The van der Waals surface area contributed by atoms with Crippen molar-refractivity contribution in [3.05, 3.63) is 35.9 Å². The molecule has 1 unspecified atom stereocenters. The smallest absolute Gasteiger partial charge is 0.224 e. The van der Waals surface area contributed by atoms with E-state index in [4.69, 9.17) is 11.6 Å². The molecule has 0 fully saturated rings. The van der Waals surface area contributed by atoms with Crippen LogP contribution < -0.4 is 21.9 Å². The van der Waals surface area contributed by atoms with E-state index in [0.717, 1.165) is 18.8 Å². The minimum absolute atomic E-state index is 0.214. The fourth-order valence-electron chi connectivity index (χ4n) is 2.68. The number of fused-ring (bicyclic) bond motifs is 1. The number of nitrogen functional groups attached to an aromatic ring is 2. The Hall–Kier alpha value is -2.34. The lowest BCUT2D eigenvalue weighted by Crippen LogP contribution is -2.31. The molecule has 0 bridgehead atoms. The monoisotopic (exact) mass is 270 g/mol. The average molecular weight is 270 g/mol. The number of nitrogens with zero attached hydrogens (tertiary/aromatic N) is 3. The van der Waals surface area contributed by atoms with Crippen molar-refractivity contribution in [2.75, 3.05) is 22.6 Å². The summed E-state index contributed by atoms with van der Waals surface area (Å²) in [7, 11) is 0. The van der Waals surface area contributed by atoms with Crippen LogP contribution in [-0.2, 0) is 6.42 Å². The lowest BCUT2D eigenvalue weighted by molar-refractivity contribution is 0.560. The number of hydrazine groups is 1. The molecule has 6 heteroatoms. The molecule has 2 heterocycles. The minimum Gasteiger partial charge on any atom is -0.368 e. The van der Waals surface area contributed by atoms with Gasteiger partial charge in [-0.3, -0.25) is 0 Å². The van der Waals surface area contributed by atoms with Crippen molar-refractivity contribution >= 4 is 23.3 Å². The van der Waals surface area contributed by atoms with E-state index in [-0.39, 0.29) is 5.95 Å². The molecule has 0 saturated carbocycles. The maximum Gasteiger partial charge on any atom is 0.224 e. The average Bonchev–Trinajstić information content (AvgIpc) is 2.45. The molecule has 1 atom stereocenters. The van der Waals surface area contributed by atoms with E-state index in [1.807, 2.05) is 12.1 Å². The van der Waals surface area contributed by atoms with Crippen molar-refractivity contribution in [3.8, 4) is 0 Å². The lowest BCUT2D eigenvalue weighted by Gasteiger charge is -2.34. The Labute approximate surface area is 117 Å². The Balaban J connectivity index is 2.08. The van der Waals surface area contributed by atoms with Crippen molar-refractivity contribution in [1.82, 2.24) is 9.97 Å². The van der Waals surface area contributed by atoms with Gasteiger partial charge in [-0.1, -0.05) is 25.1 Å². The molecule has 2 aromatic rings. The van der Waals surface area contributed by atoms with E-state index in [1.165, 1.54) is 11.3 Å². The minimum atomic E-state index is 0.214. The Bertz CT molecular complexity index is 627. The van der Waals surface area contributed by atoms with Gasteiger partial charge in [0.15, 0.2) is 0 Å². The van der Waals surface area contributed by atoms with Gasteiger partial charge in [0.05, 0.1) is 0 Å². The maximum atomic E-state index is 5.75. The number of aromatic nitrogens is 2. The second kappa shape index (κ2) is 4.97. The third-order valence-electron chi connectivity index (χ3n) is 3.50. The van der Waals surface area contributed by atoms with Crippen LogP contribution in [-0.4, -0.2) is 16.5 Å². The molecule has 0 aliphatic carbocycles. The fraction of sp³-hybridized carbons (Fsp3) is 0.286. The van der Waals surface area contributed by atoms with E-state index < -0.39 is 0 Å². The summed E-state index contributed by atoms with van der Waals surface area (Å²) in [6.07, 6.45) is 1.08. The lowest BCUT2D eigenvalue weighted by atomic mass is 9.94. The first-order chi connectivity index (χ1) is 9.67. The predicted molar refractivity (Wildman–Crippen MR) is 80.6 cm³/mol. The number of benzene rings is 1. The second-order valence-corrected chi connectivity index (χ2v) is 5.16. The summed E-state index contributed by atoms with van der Waals surface area (Å²) >= 11 is 0. The van der Waals surface area contributed by atoms with E-state index >= 15 is 0 Å². The normalized spacial score (nSPS) is 17.7. The molecule has 1 aliphatic rings. The standard InChI is InChI=1S/C14H18N6/c1-9-6-10-4-2-3-5-11(10)20(8-9)13-7-12(19-16)17-14(15)18-13/h2-5,7,9H,6,8,16H2,1H3,(H3,15,17,18,19). The van der Waals surface area contributed by atoms with Gasteiger partial charge in [0.2, 0.25) is 5.95 Å². The number of nitrogens with two attached hydrogens (primary N) is 2. The molecule has 0 radical (unpaired) electrons. The van der Waals surface area contributed by atoms with Crippen LogP contribution in [0.2, 0.25) is 0 Å². The Kier molecular flexibility index (Phi) is 3.15. The van der Waals surface area contributed by atoms with Gasteiger partial charge < -0.3 is 16.1 Å². The molecule has 3 rings (SSSR count). The van der Waals surface area contributed by atoms with Gasteiger partial charge in [0.25, 0.3) is 0 Å². The number of anilines is 4. The first kappa shape index (κ1) is 12.7. The van der Waals surface area contributed by atoms with Gasteiger partial charge in [0, 0.05) is 18.3 Å². The Morgan fingerprint density at radius 2 is 2.10 bits per heavy atom. The van der Waals surface area contributed by atoms with Crippen molar-refractivity contribution < 1.29 is 0 Å². The van der Waals surface area contributed by atoms with E-state index in [1.54, 1.807) is 0 Å². The van der Waals surface area contributed by atoms with Gasteiger partial charge in [-0.05, 0) is 24.0 Å². The van der Waals surface area contributed by atoms with Gasteiger partial charge >= 0.3 is 0 Å². The zero-order valence-electron chi connectivity index (χ0n) is 11.4. The largest absolute Gasteiger partial charge is 0.368 e. The van der Waals surface area contributed by atoms with Crippen molar-refractivity contribution in [1.29, 1.82) is 0 Å². The molecule has 5 N–H and O–H groups in total. The van der Waals surface area contributed by atoms with Crippen LogP contribution in [0, 0.1) is 5.92 Å². The number of rotatable bonds is 2. The second-order valence-electron chi connectivity index (χ2n) is 5.16. The van der Waals surface area contributed by atoms with Crippen LogP contribution in [0.25, 0.3) is 0 Å². The van der Waals surface area contributed by atoms with Gasteiger partial charge in [0.1, 0.15) is 11.6 Å². The van der Waals surface area contributed by atoms with Crippen LogP contribution in [0.1, 0.15) is 12.5 Å². The molecule has 20 heavy (non-hydrogen) atoms. The summed E-state index contributed by atoms with van der Waals surface area (Å²) in [6.45, 7) is 3.13. The topological polar surface area (TPSA) is 93.1 Å². The van der Waals surface area contributed by atoms with E-state index in [2.05, 4.69) is 45.4 Å². The highest BCUT2D eigenvalue weighted by molar-refractivity contribution is 5.68. The van der Waals surface area contributed by atoms with Crippen LogP contribution in [0.15, 0.2) is 30.3 Å². The molecule has 1 aromatic heterocycles. The molecule has 0 amide bonds. The molecular formula is C14H18N6. The molecular weight excluding hydrogens is 252 g/mol. The number of para-hydroxylation sites is 1. The Morgan fingerprint density at radius 3 is 2.90 bits per heavy atom. The van der Waals surface area contributed by atoms with Crippen LogP contribution in [0.3, 0.4) is 0 Å². The zero-order chi connectivity index (χ0) is 14.1. The number of hydrogen-bond acceptors (Lipinski definition) is 6. The summed E-state index contributed by atoms with van der Waals surface area (Å²) < 4.78 is 0. The van der Waals surface area contributed by atoms with Crippen LogP contribution in [0.5, 0.6) is 0 Å². The van der Waals surface area contributed by atoms with E-state index in [0.29, 0.717) is 11.7 Å².